The molecule has 2 aromatic rings. The van der Waals surface area contributed by atoms with Crippen molar-refractivity contribution in [1.82, 2.24) is 10.3 Å². The number of para-hydroxylation sites is 1. The van der Waals surface area contributed by atoms with Crippen LogP contribution in [0, 0.1) is 0 Å². The van der Waals surface area contributed by atoms with E-state index in [-0.39, 0.29) is 12.5 Å². The molecule has 0 bridgehead atoms. The molecule has 0 radical (unpaired) electrons. The Bertz CT molecular complexity index is 714. The summed E-state index contributed by atoms with van der Waals surface area (Å²) in [6.07, 6.45) is 6.42. The van der Waals surface area contributed by atoms with Gasteiger partial charge in [0.25, 0.3) is 0 Å². The van der Waals surface area contributed by atoms with E-state index in [1.165, 1.54) is 13.2 Å². The molecule has 6 nitrogen and oxygen atoms in total. The molecule has 1 aromatic heterocycles. The highest BCUT2D eigenvalue weighted by molar-refractivity contribution is 5.92. The second-order valence-electron chi connectivity index (χ2n) is 4.82. The van der Waals surface area contributed by atoms with Crippen LogP contribution < -0.4 is 10.1 Å². The van der Waals surface area contributed by atoms with Crippen molar-refractivity contribution in [3.05, 3.63) is 66.0 Å². The maximum atomic E-state index is 11.9. The molecule has 124 valence electrons. The van der Waals surface area contributed by atoms with Crippen molar-refractivity contribution in [3.63, 3.8) is 0 Å². The second-order valence-corrected chi connectivity index (χ2v) is 4.82. The number of carbonyl (C=O) groups excluding carboxylic acids is 2. The monoisotopic (exact) mass is 326 g/mol. The smallest absolute Gasteiger partial charge is 0.343 e. The molecule has 6 heteroatoms. The zero-order valence-corrected chi connectivity index (χ0v) is 13.3. The fourth-order valence-corrected chi connectivity index (χ4v) is 1.86. The Kier molecular flexibility index (Phi) is 6.52. The molecule has 0 aliphatic heterocycles. The van der Waals surface area contributed by atoms with Crippen LogP contribution in [0.2, 0.25) is 0 Å². The number of nitrogens with one attached hydrogen (secondary N) is 1. The molecule has 0 saturated heterocycles. The topological polar surface area (TPSA) is 77.5 Å². The normalized spacial score (nSPS) is 10.4. The third-order valence-electron chi connectivity index (χ3n) is 3.10. The van der Waals surface area contributed by atoms with E-state index in [1.54, 1.807) is 36.7 Å². The minimum absolute atomic E-state index is 0.186. The largest absolute Gasteiger partial charge is 0.481 e. The standard InChI is InChI=1S/C18H18N2O4/c1-23-18(22)13-24-16-7-3-2-6-15(16)8-9-17(21)20-12-14-5-4-10-19-11-14/h2-11H,12-13H2,1H3,(H,20,21)/b9-8+. The molecule has 1 aromatic carbocycles. The van der Waals surface area contributed by atoms with Gasteiger partial charge in [0, 0.05) is 30.6 Å². The van der Waals surface area contributed by atoms with Gasteiger partial charge in [-0.1, -0.05) is 24.3 Å². The molecule has 0 unspecified atom stereocenters. The number of nitrogens with zero attached hydrogens (tertiary/aromatic N) is 1. The quantitative estimate of drug-likeness (QED) is 0.622. The van der Waals surface area contributed by atoms with Crippen LogP contribution in [-0.4, -0.2) is 30.6 Å². The third kappa shape index (κ3) is 5.57. The van der Waals surface area contributed by atoms with Crippen molar-refractivity contribution in [3.8, 4) is 5.75 Å². The van der Waals surface area contributed by atoms with Crippen LogP contribution in [0.4, 0.5) is 0 Å². The van der Waals surface area contributed by atoms with Gasteiger partial charge in [-0.2, -0.15) is 0 Å². The lowest BCUT2D eigenvalue weighted by Crippen LogP contribution is -2.20. The van der Waals surface area contributed by atoms with Gasteiger partial charge >= 0.3 is 5.97 Å². The Labute approximate surface area is 140 Å². The number of ether oxygens (including phenoxy) is 2. The van der Waals surface area contributed by atoms with Crippen LogP contribution >= 0.6 is 0 Å². The van der Waals surface area contributed by atoms with Crippen LogP contribution in [0.25, 0.3) is 6.08 Å². The van der Waals surface area contributed by atoms with Gasteiger partial charge < -0.3 is 14.8 Å². The fourth-order valence-electron chi connectivity index (χ4n) is 1.86. The highest BCUT2D eigenvalue weighted by atomic mass is 16.6. The van der Waals surface area contributed by atoms with Gasteiger partial charge in [0.1, 0.15) is 5.75 Å². The molecular formula is C18H18N2O4. The fraction of sp³-hybridized carbons (Fsp3) is 0.167. The zero-order valence-electron chi connectivity index (χ0n) is 13.3. The van der Waals surface area contributed by atoms with E-state index in [4.69, 9.17) is 4.74 Å². The van der Waals surface area contributed by atoms with Crippen molar-refractivity contribution in [1.29, 1.82) is 0 Å². The molecule has 0 fully saturated rings. The Morgan fingerprint density at radius 1 is 1.21 bits per heavy atom. The first-order chi connectivity index (χ1) is 11.7. The number of benzene rings is 1. The molecular weight excluding hydrogens is 308 g/mol. The average Bonchev–Trinajstić information content (AvgIpc) is 2.64. The molecule has 2 rings (SSSR count). The van der Waals surface area contributed by atoms with E-state index in [0.29, 0.717) is 17.9 Å². The predicted octanol–water partition coefficient (Wildman–Crippen LogP) is 1.96. The van der Waals surface area contributed by atoms with E-state index < -0.39 is 5.97 Å². The van der Waals surface area contributed by atoms with Crippen molar-refractivity contribution in [2.24, 2.45) is 0 Å². The molecule has 0 aliphatic carbocycles. The first kappa shape index (κ1) is 17.2. The predicted molar refractivity (Wildman–Crippen MR) is 89.1 cm³/mol. The summed E-state index contributed by atoms with van der Waals surface area (Å²) in [6.45, 7) is 0.214. The third-order valence-corrected chi connectivity index (χ3v) is 3.10. The summed E-state index contributed by atoms with van der Waals surface area (Å²) in [6, 6.07) is 10.8. The lowest BCUT2D eigenvalue weighted by Gasteiger charge is -2.07. The number of hydrogen-bond donors (Lipinski definition) is 1. The van der Waals surface area contributed by atoms with Gasteiger partial charge in [-0.05, 0) is 23.8 Å². The van der Waals surface area contributed by atoms with E-state index in [9.17, 15) is 9.59 Å². The summed E-state index contributed by atoms with van der Waals surface area (Å²) >= 11 is 0. The number of amides is 1. The zero-order chi connectivity index (χ0) is 17.2. The summed E-state index contributed by atoms with van der Waals surface area (Å²) in [5.41, 5.74) is 1.61. The number of hydrogen-bond acceptors (Lipinski definition) is 5. The lowest BCUT2D eigenvalue weighted by molar-refractivity contribution is -0.142. The van der Waals surface area contributed by atoms with E-state index in [2.05, 4.69) is 15.0 Å². The number of methoxy groups -OCH3 is 1. The first-order valence-electron chi connectivity index (χ1n) is 7.32. The molecule has 0 aliphatic rings. The molecule has 1 amide bonds. The van der Waals surface area contributed by atoms with Gasteiger partial charge in [0.05, 0.1) is 7.11 Å². The van der Waals surface area contributed by atoms with E-state index in [1.807, 2.05) is 18.2 Å². The minimum Gasteiger partial charge on any atom is -0.481 e. The molecule has 24 heavy (non-hydrogen) atoms. The summed E-state index contributed by atoms with van der Waals surface area (Å²) in [7, 11) is 1.30. The Morgan fingerprint density at radius 2 is 2.04 bits per heavy atom. The van der Waals surface area contributed by atoms with Gasteiger partial charge in [-0.25, -0.2) is 4.79 Å². The van der Waals surface area contributed by atoms with Crippen LogP contribution in [-0.2, 0) is 20.9 Å². The number of pyridine rings is 1. The summed E-state index contributed by atoms with van der Waals surface area (Å²) in [5, 5.41) is 2.77. The number of rotatable bonds is 7. The van der Waals surface area contributed by atoms with Crippen LogP contribution in [0.15, 0.2) is 54.9 Å². The Balaban J connectivity index is 1.93. The minimum atomic E-state index is -0.469. The lowest BCUT2D eigenvalue weighted by atomic mass is 10.2. The highest BCUT2D eigenvalue weighted by Gasteiger charge is 2.05. The maximum absolute atomic E-state index is 11.9. The molecule has 0 spiro atoms. The number of carbonyl (C=O) groups is 2. The van der Waals surface area contributed by atoms with Crippen molar-refractivity contribution < 1.29 is 19.1 Å². The number of esters is 1. The van der Waals surface area contributed by atoms with Crippen molar-refractivity contribution in [2.75, 3.05) is 13.7 Å². The average molecular weight is 326 g/mol. The van der Waals surface area contributed by atoms with Gasteiger partial charge in [-0.15, -0.1) is 0 Å². The molecule has 1 heterocycles. The van der Waals surface area contributed by atoms with Crippen LogP contribution in [0.3, 0.4) is 0 Å². The first-order valence-corrected chi connectivity index (χ1v) is 7.32. The number of aromatic nitrogens is 1. The maximum Gasteiger partial charge on any atom is 0.343 e. The van der Waals surface area contributed by atoms with Gasteiger partial charge in [0.15, 0.2) is 6.61 Å². The van der Waals surface area contributed by atoms with Gasteiger partial charge in [-0.3, -0.25) is 9.78 Å². The molecule has 1 N–H and O–H groups in total. The van der Waals surface area contributed by atoms with Crippen LogP contribution in [0.1, 0.15) is 11.1 Å². The highest BCUT2D eigenvalue weighted by Crippen LogP contribution is 2.19. The summed E-state index contributed by atoms with van der Waals surface area (Å²) in [5.74, 6) is -0.205. The van der Waals surface area contributed by atoms with E-state index >= 15 is 0 Å². The summed E-state index contributed by atoms with van der Waals surface area (Å²) < 4.78 is 9.92. The SMILES string of the molecule is COC(=O)COc1ccccc1/C=C/C(=O)NCc1cccnc1. The van der Waals surface area contributed by atoms with Crippen LogP contribution in [0.5, 0.6) is 5.75 Å². The Morgan fingerprint density at radius 3 is 2.79 bits per heavy atom. The summed E-state index contributed by atoms with van der Waals surface area (Å²) in [4.78, 5) is 27.0. The molecule has 0 atom stereocenters. The van der Waals surface area contributed by atoms with Crippen molar-refractivity contribution in [2.45, 2.75) is 6.54 Å². The second kappa shape index (κ2) is 9.09. The van der Waals surface area contributed by atoms with Gasteiger partial charge in [0.2, 0.25) is 5.91 Å². The molecule has 0 saturated carbocycles. The van der Waals surface area contributed by atoms with E-state index in [0.717, 1.165) is 5.56 Å². The Hall–Kier alpha value is -3.15. The van der Waals surface area contributed by atoms with Crippen molar-refractivity contribution >= 4 is 18.0 Å².